The first-order valence-electron chi connectivity index (χ1n) is 6.65. The molecule has 0 amide bonds. The van der Waals surface area contributed by atoms with E-state index in [4.69, 9.17) is 10.5 Å². The molecule has 7 nitrogen and oxygen atoms in total. The van der Waals surface area contributed by atoms with Crippen LogP contribution in [-0.2, 0) is 0 Å². The number of aromatic nitrogens is 4. The van der Waals surface area contributed by atoms with E-state index in [0.717, 1.165) is 25.0 Å². The summed E-state index contributed by atoms with van der Waals surface area (Å²) < 4.78 is 5.73. The number of H-pyrrole nitrogens is 1. The van der Waals surface area contributed by atoms with Crippen molar-refractivity contribution in [2.24, 2.45) is 0 Å². The molecule has 2 aromatic rings. The van der Waals surface area contributed by atoms with Gasteiger partial charge in [-0.3, -0.25) is 10.00 Å². The molecule has 3 N–H and O–H groups in total. The zero-order chi connectivity index (χ0) is 13.1. The van der Waals surface area contributed by atoms with E-state index in [-0.39, 0.29) is 5.95 Å². The van der Waals surface area contributed by atoms with Gasteiger partial charge in [-0.2, -0.15) is 15.1 Å². The summed E-state index contributed by atoms with van der Waals surface area (Å²) >= 11 is 0. The SMILES string of the molecule is Nc1nc(OCCN2CCCCC2)c2cn[nH]c2n1. The summed E-state index contributed by atoms with van der Waals surface area (Å²) in [6.07, 6.45) is 5.57. The Morgan fingerprint density at radius 3 is 2.95 bits per heavy atom. The lowest BCUT2D eigenvalue weighted by Crippen LogP contribution is -2.33. The minimum atomic E-state index is 0.199. The number of fused-ring (bicyclic) bond motifs is 1. The van der Waals surface area contributed by atoms with Gasteiger partial charge in [0, 0.05) is 6.54 Å². The molecule has 0 aromatic carbocycles. The topological polar surface area (TPSA) is 93.0 Å². The van der Waals surface area contributed by atoms with Crippen LogP contribution in [0.5, 0.6) is 5.88 Å². The second-order valence-corrected chi connectivity index (χ2v) is 4.77. The Morgan fingerprint density at radius 1 is 1.26 bits per heavy atom. The average molecular weight is 262 g/mol. The molecule has 1 saturated heterocycles. The number of nitrogen functional groups attached to an aromatic ring is 1. The predicted molar refractivity (Wildman–Crippen MR) is 71.9 cm³/mol. The molecular formula is C12H18N6O. The van der Waals surface area contributed by atoms with E-state index in [9.17, 15) is 0 Å². The van der Waals surface area contributed by atoms with E-state index in [1.165, 1.54) is 19.3 Å². The van der Waals surface area contributed by atoms with Crippen molar-refractivity contribution in [3.63, 3.8) is 0 Å². The van der Waals surface area contributed by atoms with Crippen molar-refractivity contribution in [3.8, 4) is 5.88 Å². The highest BCUT2D eigenvalue weighted by Gasteiger charge is 2.12. The summed E-state index contributed by atoms with van der Waals surface area (Å²) in [7, 11) is 0. The largest absolute Gasteiger partial charge is 0.476 e. The van der Waals surface area contributed by atoms with E-state index < -0.39 is 0 Å². The Labute approximate surface area is 111 Å². The molecule has 0 aliphatic carbocycles. The van der Waals surface area contributed by atoms with E-state index in [1.807, 2.05) is 0 Å². The fraction of sp³-hybridized carbons (Fsp3) is 0.583. The van der Waals surface area contributed by atoms with Gasteiger partial charge in [-0.05, 0) is 25.9 Å². The van der Waals surface area contributed by atoms with E-state index in [0.29, 0.717) is 18.1 Å². The van der Waals surface area contributed by atoms with Gasteiger partial charge in [0.05, 0.1) is 6.20 Å². The Hall–Kier alpha value is -1.89. The van der Waals surface area contributed by atoms with Gasteiger partial charge < -0.3 is 10.5 Å². The zero-order valence-electron chi connectivity index (χ0n) is 10.8. The molecule has 19 heavy (non-hydrogen) atoms. The molecule has 0 radical (unpaired) electrons. The molecule has 0 saturated carbocycles. The number of hydrogen-bond acceptors (Lipinski definition) is 6. The van der Waals surface area contributed by atoms with Gasteiger partial charge in [-0.25, -0.2) is 0 Å². The second kappa shape index (κ2) is 5.40. The molecular weight excluding hydrogens is 244 g/mol. The number of likely N-dealkylation sites (tertiary alicyclic amines) is 1. The first kappa shape index (κ1) is 12.2. The smallest absolute Gasteiger partial charge is 0.229 e. The Morgan fingerprint density at radius 2 is 2.11 bits per heavy atom. The molecule has 7 heteroatoms. The lowest BCUT2D eigenvalue weighted by molar-refractivity contribution is 0.181. The molecule has 1 aliphatic heterocycles. The summed E-state index contributed by atoms with van der Waals surface area (Å²) in [6, 6.07) is 0. The maximum absolute atomic E-state index is 5.73. The number of anilines is 1. The molecule has 3 heterocycles. The highest BCUT2D eigenvalue weighted by Crippen LogP contribution is 2.21. The second-order valence-electron chi connectivity index (χ2n) is 4.77. The predicted octanol–water partition coefficient (Wildman–Crippen LogP) is 0.800. The number of hydrogen-bond donors (Lipinski definition) is 2. The van der Waals surface area contributed by atoms with Crippen LogP contribution in [0.3, 0.4) is 0 Å². The Kier molecular flexibility index (Phi) is 3.45. The molecule has 1 aliphatic rings. The molecule has 3 rings (SSSR count). The maximum atomic E-state index is 5.73. The monoisotopic (exact) mass is 262 g/mol. The third-order valence-electron chi connectivity index (χ3n) is 3.39. The summed E-state index contributed by atoms with van der Waals surface area (Å²) in [5.41, 5.74) is 6.25. The molecule has 0 spiro atoms. The highest BCUT2D eigenvalue weighted by molar-refractivity contribution is 5.80. The Bertz CT molecular complexity index is 548. The van der Waals surface area contributed by atoms with Crippen molar-refractivity contribution in [2.45, 2.75) is 19.3 Å². The van der Waals surface area contributed by atoms with Crippen LogP contribution < -0.4 is 10.5 Å². The number of nitrogens with zero attached hydrogens (tertiary/aromatic N) is 4. The molecule has 0 unspecified atom stereocenters. The van der Waals surface area contributed by atoms with Gasteiger partial charge in [0.15, 0.2) is 5.65 Å². The maximum Gasteiger partial charge on any atom is 0.229 e. The fourth-order valence-electron chi connectivity index (χ4n) is 2.39. The van der Waals surface area contributed by atoms with Gasteiger partial charge >= 0.3 is 0 Å². The van der Waals surface area contributed by atoms with Crippen LogP contribution in [0.15, 0.2) is 6.20 Å². The summed E-state index contributed by atoms with van der Waals surface area (Å²) in [4.78, 5) is 10.6. The van der Waals surface area contributed by atoms with Crippen molar-refractivity contribution in [3.05, 3.63) is 6.20 Å². The number of rotatable bonds is 4. The van der Waals surface area contributed by atoms with Gasteiger partial charge in [0.1, 0.15) is 12.0 Å². The normalized spacial score (nSPS) is 16.8. The summed E-state index contributed by atoms with van der Waals surface area (Å²) in [5, 5.41) is 7.47. The minimum Gasteiger partial charge on any atom is -0.476 e. The lowest BCUT2D eigenvalue weighted by atomic mass is 10.1. The number of aromatic amines is 1. The highest BCUT2D eigenvalue weighted by atomic mass is 16.5. The van der Waals surface area contributed by atoms with Gasteiger partial charge in [-0.15, -0.1) is 0 Å². The molecule has 0 atom stereocenters. The number of piperidine rings is 1. The van der Waals surface area contributed by atoms with Crippen LogP contribution in [-0.4, -0.2) is 51.3 Å². The minimum absolute atomic E-state index is 0.199. The van der Waals surface area contributed by atoms with E-state index in [1.54, 1.807) is 6.20 Å². The van der Waals surface area contributed by atoms with Crippen molar-refractivity contribution in [1.29, 1.82) is 0 Å². The van der Waals surface area contributed by atoms with Gasteiger partial charge in [0.25, 0.3) is 0 Å². The fourth-order valence-corrected chi connectivity index (χ4v) is 2.39. The van der Waals surface area contributed by atoms with Crippen molar-refractivity contribution >= 4 is 17.0 Å². The van der Waals surface area contributed by atoms with Crippen molar-refractivity contribution < 1.29 is 4.74 Å². The van der Waals surface area contributed by atoms with Crippen LogP contribution in [0.1, 0.15) is 19.3 Å². The Balaban J connectivity index is 1.63. The standard InChI is InChI=1S/C12H18N6O/c13-12-15-10-9(8-14-17-10)11(16-12)19-7-6-18-4-2-1-3-5-18/h8H,1-7H2,(H3,13,14,15,16,17). The number of nitrogens with one attached hydrogen (secondary N) is 1. The van der Waals surface area contributed by atoms with Gasteiger partial charge in [0.2, 0.25) is 11.8 Å². The van der Waals surface area contributed by atoms with Gasteiger partial charge in [-0.1, -0.05) is 6.42 Å². The molecule has 102 valence electrons. The van der Waals surface area contributed by atoms with Crippen molar-refractivity contribution in [1.82, 2.24) is 25.1 Å². The third-order valence-corrected chi connectivity index (χ3v) is 3.39. The number of ether oxygens (including phenoxy) is 1. The van der Waals surface area contributed by atoms with Crippen LogP contribution >= 0.6 is 0 Å². The third kappa shape index (κ3) is 2.76. The van der Waals surface area contributed by atoms with Crippen LogP contribution in [0, 0.1) is 0 Å². The summed E-state index contributed by atoms with van der Waals surface area (Å²) in [6.45, 7) is 3.85. The van der Waals surface area contributed by atoms with E-state index in [2.05, 4.69) is 25.1 Å². The quantitative estimate of drug-likeness (QED) is 0.846. The average Bonchev–Trinajstić information content (AvgIpc) is 2.88. The first-order valence-corrected chi connectivity index (χ1v) is 6.65. The van der Waals surface area contributed by atoms with Crippen LogP contribution in [0.4, 0.5) is 5.95 Å². The molecule has 2 aromatic heterocycles. The number of nitrogens with two attached hydrogens (primary N) is 1. The molecule has 1 fully saturated rings. The van der Waals surface area contributed by atoms with Crippen LogP contribution in [0.25, 0.3) is 11.0 Å². The van der Waals surface area contributed by atoms with E-state index >= 15 is 0 Å². The lowest BCUT2D eigenvalue weighted by Gasteiger charge is -2.26. The molecule has 0 bridgehead atoms. The summed E-state index contributed by atoms with van der Waals surface area (Å²) in [5.74, 6) is 0.706. The van der Waals surface area contributed by atoms with Crippen LogP contribution in [0.2, 0.25) is 0 Å². The van der Waals surface area contributed by atoms with Crippen molar-refractivity contribution in [2.75, 3.05) is 32.0 Å². The zero-order valence-corrected chi connectivity index (χ0v) is 10.8. The first-order chi connectivity index (χ1) is 9.33.